The van der Waals surface area contributed by atoms with Crippen LogP contribution in [0.3, 0.4) is 0 Å². The lowest BCUT2D eigenvalue weighted by Crippen LogP contribution is -2.48. The van der Waals surface area contributed by atoms with Crippen LogP contribution in [0.5, 0.6) is 0 Å². The van der Waals surface area contributed by atoms with E-state index in [1.54, 1.807) is 0 Å². The number of piperazine rings is 1. The third-order valence-electron chi connectivity index (χ3n) is 4.89. The first kappa shape index (κ1) is 19.1. The Kier molecular flexibility index (Phi) is 6.46. The number of anilines is 1. The Bertz CT molecular complexity index is 770. The normalized spacial score (nSPS) is 15.8. The summed E-state index contributed by atoms with van der Waals surface area (Å²) in [5.74, 6) is 0.0434. The van der Waals surface area contributed by atoms with E-state index in [0.29, 0.717) is 6.54 Å². The maximum Gasteiger partial charge on any atom is 0.238 e. The molecule has 1 N–H and O–H groups in total. The molecule has 0 spiro atoms. The first-order valence-electron chi connectivity index (χ1n) is 9.06. The monoisotopic (exact) mass is 415 g/mol. The second-order valence-corrected chi connectivity index (χ2v) is 7.86. The summed E-state index contributed by atoms with van der Waals surface area (Å²) in [6, 6.07) is 14.5. The number of nitrogens with zero attached hydrogens (tertiary/aromatic N) is 2. The van der Waals surface area contributed by atoms with Gasteiger partial charge in [-0.15, -0.1) is 0 Å². The van der Waals surface area contributed by atoms with Crippen LogP contribution in [0.1, 0.15) is 16.7 Å². The molecule has 0 saturated carbocycles. The van der Waals surface area contributed by atoms with E-state index in [1.807, 2.05) is 25.1 Å². The van der Waals surface area contributed by atoms with Gasteiger partial charge in [0, 0.05) is 37.2 Å². The fraction of sp³-hybridized carbons (Fsp3) is 0.381. The number of carbonyl (C=O) groups excluding carboxylic acids is 1. The van der Waals surface area contributed by atoms with E-state index in [9.17, 15) is 4.79 Å². The van der Waals surface area contributed by atoms with Crippen molar-refractivity contribution in [2.75, 3.05) is 38.0 Å². The number of carbonyl (C=O) groups is 1. The van der Waals surface area contributed by atoms with Crippen molar-refractivity contribution in [2.24, 2.45) is 0 Å². The summed E-state index contributed by atoms with van der Waals surface area (Å²) < 4.78 is 0.925. The molecule has 2 aromatic carbocycles. The average molecular weight is 416 g/mol. The summed E-state index contributed by atoms with van der Waals surface area (Å²) in [4.78, 5) is 17.0. The second kappa shape index (κ2) is 8.80. The van der Waals surface area contributed by atoms with Gasteiger partial charge in [-0.2, -0.15) is 0 Å². The molecule has 5 heteroatoms. The molecule has 3 rings (SSSR count). The number of rotatable bonds is 5. The van der Waals surface area contributed by atoms with Crippen molar-refractivity contribution in [2.45, 2.75) is 20.4 Å². The predicted octanol–water partition coefficient (Wildman–Crippen LogP) is 3.82. The van der Waals surface area contributed by atoms with Gasteiger partial charge < -0.3 is 5.32 Å². The number of amides is 1. The fourth-order valence-electron chi connectivity index (χ4n) is 3.25. The van der Waals surface area contributed by atoms with Gasteiger partial charge >= 0.3 is 0 Å². The Morgan fingerprint density at radius 1 is 1.04 bits per heavy atom. The Hall–Kier alpha value is -1.69. The number of halogens is 1. The Labute approximate surface area is 164 Å². The summed E-state index contributed by atoms with van der Waals surface area (Å²) in [5.41, 5.74) is 4.74. The molecule has 26 heavy (non-hydrogen) atoms. The van der Waals surface area contributed by atoms with Crippen LogP contribution in [0.4, 0.5) is 5.69 Å². The van der Waals surface area contributed by atoms with E-state index in [2.05, 4.69) is 62.2 Å². The van der Waals surface area contributed by atoms with E-state index in [4.69, 9.17) is 0 Å². The molecular formula is C21H26BrN3O. The van der Waals surface area contributed by atoms with Crippen LogP contribution in [-0.4, -0.2) is 48.4 Å². The lowest BCUT2D eigenvalue weighted by molar-refractivity contribution is -0.117. The van der Waals surface area contributed by atoms with Crippen molar-refractivity contribution in [3.8, 4) is 0 Å². The van der Waals surface area contributed by atoms with E-state index in [-0.39, 0.29) is 5.91 Å². The number of nitrogens with one attached hydrogen (secondary N) is 1. The van der Waals surface area contributed by atoms with Crippen molar-refractivity contribution < 1.29 is 4.79 Å². The van der Waals surface area contributed by atoms with Gasteiger partial charge in [-0.25, -0.2) is 0 Å². The van der Waals surface area contributed by atoms with Crippen LogP contribution in [-0.2, 0) is 11.3 Å². The molecule has 0 aliphatic carbocycles. The van der Waals surface area contributed by atoms with E-state index in [0.717, 1.165) is 42.9 Å². The molecule has 1 aliphatic heterocycles. The van der Waals surface area contributed by atoms with Gasteiger partial charge in [-0.05, 0) is 58.6 Å². The molecule has 0 unspecified atom stereocenters. The number of benzene rings is 2. The summed E-state index contributed by atoms with van der Waals surface area (Å²) in [6.07, 6.45) is 0. The van der Waals surface area contributed by atoms with Crippen molar-refractivity contribution in [3.05, 3.63) is 63.6 Å². The highest BCUT2D eigenvalue weighted by Crippen LogP contribution is 2.23. The van der Waals surface area contributed by atoms with Gasteiger partial charge in [0.15, 0.2) is 0 Å². The van der Waals surface area contributed by atoms with Crippen LogP contribution in [0.15, 0.2) is 46.9 Å². The maximum atomic E-state index is 12.3. The molecular weight excluding hydrogens is 390 g/mol. The number of hydrogen-bond donors (Lipinski definition) is 1. The maximum absolute atomic E-state index is 12.3. The summed E-state index contributed by atoms with van der Waals surface area (Å²) in [6.45, 7) is 9.47. The molecule has 1 heterocycles. The summed E-state index contributed by atoms with van der Waals surface area (Å²) in [5, 5.41) is 3.00. The zero-order valence-corrected chi connectivity index (χ0v) is 17.1. The van der Waals surface area contributed by atoms with E-state index >= 15 is 0 Å². The summed E-state index contributed by atoms with van der Waals surface area (Å²) >= 11 is 3.51. The van der Waals surface area contributed by atoms with Crippen molar-refractivity contribution >= 4 is 27.5 Å². The summed E-state index contributed by atoms with van der Waals surface area (Å²) in [7, 11) is 0. The Morgan fingerprint density at radius 2 is 1.73 bits per heavy atom. The van der Waals surface area contributed by atoms with Crippen LogP contribution < -0.4 is 5.32 Å². The van der Waals surface area contributed by atoms with Gasteiger partial charge in [0.25, 0.3) is 0 Å². The molecule has 1 amide bonds. The van der Waals surface area contributed by atoms with Gasteiger partial charge in [0.05, 0.1) is 12.2 Å². The van der Waals surface area contributed by atoms with Crippen LogP contribution in [0.2, 0.25) is 0 Å². The number of hydrogen-bond acceptors (Lipinski definition) is 3. The van der Waals surface area contributed by atoms with Crippen molar-refractivity contribution in [1.82, 2.24) is 9.80 Å². The predicted molar refractivity (Wildman–Crippen MR) is 110 cm³/mol. The fourth-order valence-corrected chi connectivity index (χ4v) is 3.84. The Balaban J connectivity index is 1.46. The molecule has 2 aromatic rings. The highest BCUT2D eigenvalue weighted by atomic mass is 79.9. The third kappa shape index (κ3) is 5.16. The largest absolute Gasteiger partial charge is 0.324 e. The van der Waals surface area contributed by atoms with Crippen LogP contribution in [0.25, 0.3) is 0 Å². The van der Waals surface area contributed by atoms with Gasteiger partial charge in [0.1, 0.15) is 0 Å². The quantitative estimate of drug-likeness (QED) is 0.805. The third-order valence-corrected chi connectivity index (χ3v) is 5.54. The molecule has 0 atom stereocenters. The zero-order chi connectivity index (χ0) is 18.5. The molecule has 0 aromatic heterocycles. The average Bonchev–Trinajstić information content (AvgIpc) is 2.61. The first-order chi connectivity index (χ1) is 12.5. The van der Waals surface area contributed by atoms with Gasteiger partial charge in [0.2, 0.25) is 5.91 Å². The smallest absolute Gasteiger partial charge is 0.238 e. The lowest BCUT2D eigenvalue weighted by atomic mass is 10.1. The standard InChI is InChI=1S/C21H26BrN3O/c1-16-7-8-20(19(22)13-16)23-21(26)15-25-11-9-24(10-12-25)14-18-6-4-3-5-17(18)2/h3-8,13H,9-12,14-15H2,1-2H3,(H,23,26). The molecule has 1 saturated heterocycles. The Morgan fingerprint density at radius 3 is 2.42 bits per heavy atom. The lowest BCUT2D eigenvalue weighted by Gasteiger charge is -2.34. The van der Waals surface area contributed by atoms with E-state index in [1.165, 1.54) is 16.7 Å². The minimum atomic E-state index is 0.0434. The minimum Gasteiger partial charge on any atom is -0.324 e. The molecule has 0 bridgehead atoms. The molecule has 138 valence electrons. The molecule has 4 nitrogen and oxygen atoms in total. The molecule has 1 fully saturated rings. The van der Waals surface area contributed by atoms with Crippen molar-refractivity contribution in [3.63, 3.8) is 0 Å². The first-order valence-corrected chi connectivity index (χ1v) is 9.86. The SMILES string of the molecule is Cc1ccc(NC(=O)CN2CCN(Cc3ccccc3C)CC2)c(Br)c1. The van der Waals surface area contributed by atoms with Crippen LogP contribution >= 0.6 is 15.9 Å². The topological polar surface area (TPSA) is 35.6 Å². The number of aryl methyl sites for hydroxylation is 2. The molecule has 1 aliphatic rings. The second-order valence-electron chi connectivity index (χ2n) is 7.01. The minimum absolute atomic E-state index is 0.0434. The highest BCUT2D eigenvalue weighted by molar-refractivity contribution is 9.10. The molecule has 0 radical (unpaired) electrons. The van der Waals surface area contributed by atoms with E-state index < -0.39 is 0 Å². The van der Waals surface area contributed by atoms with Crippen LogP contribution in [0, 0.1) is 13.8 Å². The van der Waals surface area contributed by atoms with Gasteiger partial charge in [-0.1, -0.05) is 30.3 Å². The van der Waals surface area contributed by atoms with Gasteiger partial charge in [-0.3, -0.25) is 14.6 Å². The highest BCUT2D eigenvalue weighted by Gasteiger charge is 2.19. The van der Waals surface area contributed by atoms with Crippen molar-refractivity contribution in [1.29, 1.82) is 0 Å². The zero-order valence-electron chi connectivity index (χ0n) is 15.5.